The maximum atomic E-state index is 12.9. The molecule has 0 atom stereocenters. The summed E-state index contributed by atoms with van der Waals surface area (Å²) in [5, 5.41) is 19.4. The molecule has 19 heavy (non-hydrogen) atoms. The second-order valence-electron chi connectivity index (χ2n) is 3.76. The van der Waals surface area contributed by atoms with Crippen LogP contribution in [0.15, 0.2) is 18.2 Å². The Bertz CT molecular complexity index is 463. The van der Waals surface area contributed by atoms with Crippen molar-refractivity contribution in [3.8, 4) is 0 Å². The van der Waals surface area contributed by atoms with Gasteiger partial charge in [-0.1, -0.05) is 0 Å². The summed E-state index contributed by atoms with van der Waals surface area (Å²) in [6.07, 6.45) is -4.69. The Labute approximate surface area is 107 Å². The van der Waals surface area contributed by atoms with Crippen molar-refractivity contribution >= 4 is 11.4 Å². The van der Waals surface area contributed by atoms with Gasteiger partial charge in [-0.2, -0.15) is 13.2 Å². The number of hydrogen-bond donors (Lipinski definition) is 1. The molecule has 1 aromatic carbocycles. The van der Waals surface area contributed by atoms with Crippen molar-refractivity contribution in [3.05, 3.63) is 33.9 Å². The van der Waals surface area contributed by atoms with E-state index < -0.39 is 22.4 Å². The molecule has 0 fully saturated rings. The van der Waals surface area contributed by atoms with Crippen LogP contribution < -0.4 is 4.90 Å². The zero-order valence-electron chi connectivity index (χ0n) is 10.1. The lowest BCUT2D eigenvalue weighted by atomic mass is 10.1. The zero-order chi connectivity index (χ0) is 14.6. The Kier molecular flexibility index (Phi) is 4.71. The van der Waals surface area contributed by atoms with Crippen LogP contribution in [0.5, 0.6) is 0 Å². The van der Waals surface area contributed by atoms with E-state index in [2.05, 4.69) is 0 Å². The number of non-ortho nitro benzene ring substituents is 1. The van der Waals surface area contributed by atoms with Crippen molar-refractivity contribution in [3.63, 3.8) is 0 Å². The quantitative estimate of drug-likeness (QED) is 0.663. The Morgan fingerprint density at radius 3 is 2.47 bits per heavy atom. The molecule has 8 heteroatoms. The van der Waals surface area contributed by atoms with Crippen LogP contribution >= 0.6 is 0 Å². The third-order valence-corrected chi connectivity index (χ3v) is 2.59. The van der Waals surface area contributed by atoms with E-state index in [1.165, 1.54) is 4.90 Å². The predicted octanol–water partition coefficient (Wildman–Crippen LogP) is 2.43. The molecule has 0 saturated carbocycles. The van der Waals surface area contributed by atoms with Gasteiger partial charge in [0, 0.05) is 30.9 Å². The molecular formula is C11H13F3N2O3. The molecule has 0 unspecified atom stereocenters. The first-order chi connectivity index (χ1) is 8.81. The lowest BCUT2D eigenvalue weighted by Gasteiger charge is -2.25. The van der Waals surface area contributed by atoms with Gasteiger partial charge in [0.15, 0.2) is 0 Å². The second kappa shape index (κ2) is 5.87. The third-order valence-electron chi connectivity index (χ3n) is 2.59. The number of hydrogen-bond acceptors (Lipinski definition) is 4. The summed E-state index contributed by atoms with van der Waals surface area (Å²) >= 11 is 0. The second-order valence-corrected chi connectivity index (χ2v) is 3.76. The monoisotopic (exact) mass is 278 g/mol. The van der Waals surface area contributed by atoms with Crippen LogP contribution in [0.1, 0.15) is 12.5 Å². The highest BCUT2D eigenvalue weighted by Crippen LogP contribution is 2.38. The van der Waals surface area contributed by atoms with Gasteiger partial charge in [0.2, 0.25) is 0 Å². The SMILES string of the molecule is CCN(CCO)c1ccc([N+](=O)[O-])cc1C(F)(F)F. The summed E-state index contributed by atoms with van der Waals surface area (Å²) in [5.41, 5.74) is -1.86. The minimum Gasteiger partial charge on any atom is -0.395 e. The highest BCUT2D eigenvalue weighted by Gasteiger charge is 2.36. The highest BCUT2D eigenvalue weighted by atomic mass is 19.4. The van der Waals surface area contributed by atoms with Gasteiger partial charge >= 0.3 is 6.18 Å². The van der Waals surface area contributed by atoms with E-state index in [1.54, 1.807) is 6.92 Å². The molecule has 0 aliphatic heterocycles. The van der Waals surface area contributed by atoms with Crippen LogP contribution in [0.3, 0.4) is 0 Å². The summed E-state index contributed by atoms with van der Waals surface area (Å²) in [6.45, 7) is 1.61. The van der Waals surface area contributed by atoms with Crippen LogP contribution in [-0.2, 0) is 6.18 Å². The number of aliphatic hydroxyl groups excluding tert-OH is 1. The molecule has 0 radical (unpaired) electrons. The molecule has 0 aromatic heterocycles. The normalized spacial score (nSPS) is 11.4. The van der Waals surface area contributed by atoms with Gasteiger partial charge in [0.05, 0.1) is 17.1 Å². The molecule has 1 aromatic rings. The largest absolute Gasteiger partial charge is 0.418 e. The minimum absolute atomic E-state index is 0.0252. The first kappa shape index (κ1) is 15.2. The molecule has 5 nitrogen and oxygen atoms in total. The van der Waals surface area contributed by atoms with Crippen molar-refractivity contribution in [2.75, 3.05) is 24.6 Å². The number of nitrogens with zero attached hydrogens (tertiary/aromatic N) is 2. The number of nitro benzene ring substituents is 1. The van der Waals surface area contributed by atoms with Crippen molar-refractivity contribution in [2.45, 2.75) is 13.1 Å². The average Bonchev–Trinajstić information content (AvgIpc) is 2.34. The van der Waals surface area contributed by atoms with Crippen molar-refractivity contribution < 1.29 is 23.2 Å². The van der Waals surface area contributed by atoms with E-state index in [0.29, 0.717) is 6.07 Å². The number of halogens is 3. The molecule has 1 N–H and O–H groups in total. The number of alkyl halides is 3. The molecule has 0 saturated heterocycles. The van der Waals surface area contributed by atoms with Gasteiger partial charge in [0.1, 0.15) is 0 Å². The van der Waals surface area contributed by atoms with Crippen molar-refractivity contribution in [1.29, 1.82) is 0 Å². The first-order valence-corrected chi connectivity index (χ1v) is 5.52. The van der Waals surface area contributed by atoms with Gasteiger partial charge in [0.25, 0.3) is 5.69 Å². The van der Waals surface area contributed by atoms with Crippen LogP contribution in [0.4, 0.5) is 24.5 Å². The van der Waals surface area contributed by atoms with E-state index >= 15 is 0 Å². The smallest absolute Gasteiger partial charge is 0.395 e. The maximum Gasteiger partial charge on any atom is 0.418 e. The van der Waals surface area contributed by atoms with Crippen LogP contribution in [-0.4, -0.2) is 29.7 Å². The van der Waals surface area contributed by atoms with E-state index in [4.69, 9.17) is 5.11 Å². The summed E-state index contributed by atoms with van der Waals surface area (Å²) in [7, 11) is 0. The standard InChI is InChI=1S/C11H13F3N2O3/c1-2-15(5-6-17)10-4-3-8(16(18)19)7-9(10)11(12,13)14/h3-4,7,17H,2,5-6H2,1H3. The van der Waals surface area contributed by atoms with Crippen LogP contribution in [0, 0.1) is 10.1 Å². The number of rotatable bonds is 5. The van der Waals surface area contributed by atoms with Gasteiger partial charge in [-0.3, -0.25) is 10.1 Å². The summed E-state index contributed by atoms with van der Waals surface area (Å²) < 4.78 is 38.8. The minimum atomic E-state index is -4.69. The van der Waals surface area contributed by atoms with E-state index in [1.807, 2.05) is 0 Å². The lowest BCUT2D eigenvalue weighted by molar-refractivity contribution is -0.385. The fraction of sp³-hybridized carbons (Fsp3) is 0.455. The maximum absolute atomic E-state index is 12.9. The Hall–Kier alpha value is -1.83. The molecule has 0 aliphatic carbocycles. The van der Waals surface area contributed by atoms with Gasteiger partial charge in [-0.15, -0.1) is 0 Å². The number of benzene rings is 1. The van der Waals surface area contributed by atoms with Crippen LogP contribution in [0.2, 0.25) is 0 Å². The fourth-order valence-corrected chi connectivity index (χ4v) is 1.71. The molecule has 0 aliphatic rings. The van der Waals surface area contributed by atoms with Gasteiger partial charge in [-0.05, 0) is 13.0 Å². The number of aliphatic hydroxyl groups is 1. The van der Waals surface area contributed by atoms with Gasteiger partial charge < -0.3 is 10.0 Å². The van der Waals surface area contributed by atoms with Crippen LogP contribution in [0.25, 0.3) is 0 Å². The molecule has 106 valence electrons. The van der Waals surface area contributed by atoms with Crippen molar-refractivity contribution in [1.82, 2.24) is 0 Å². The molecule has 1 rings (SSSR count). The highest BCUT2D eigenvalue weighted by molar-refractivity contribution is 5.59. The molecule has 0 amide bonds. The number of likely N-dealkylation sites (N-methyl/N-ethyl adjacent to an activating group) is 1. The summed E-state index contributed by atoms with van der Waals surface area (Å²) in [6, 6.07) is 2.58. The van der Waals surface area contributed by atoms with Crippen molar-refractivity contribution in [2.24, 2.45) is 0 Å². The van der Waals surface area contributed by atoms with Gasteiger partial charge in [-0.25, -0.2) is 0 Å². The van der Waals surface area contributed by atoms with E-state index in [9.17, 15) is 23.3 Å². The topological polar surface area (TPSA) is 66.6 Å². The number of nitro groups is 1. The lowest BCUT2D eigenvalue weighted by Crippen LogP contribution is -2.28. The number of anilines is 1. The molecule has 0 spiro atoms. The molecule has 0 bridgehead atoms. The first-order valence-electron chi connectivity index (χ1n) is 5.52. The average molecular weight is 278 g/mol. The van der Waals surface area contributed by atoms with E-state index in [0.717, 1.165) is 12.1 Å². The summed E-state index contributed by atoms with van der Waals surface area (Å²) in [4.78, 5) is 11.0. The fourth-order valence-electron chi connectivity index (χ4n) is 1.71. The third kappa shape index (κ3) is 3.57. The predicted molar refractivity (Wildman–Crippen MR) is 63.1 cm³/mol. The molecular weight excluding hydrogens is 265 g/mol. The Morgan fingerprint density at radius 2 is 2.05 bits per heavy atom. The Morgan fingerprint density at radius 1 is 1.42 bits per heavy atom. The summed E-state index contributed by atoms with van der Waals surface area (Å²) in [5.74, 6) is 0. The Balaban J connectivity index is 3.34. The molecule has 0 heterocycles. The zero-order valence-corrected chi connectivity index (χ0v) is 10.1. The van der Waals surface area contributed by atoms with E-state index in [-0.39, 0.29) is 25.4 Å².